The molecule has 1 heterocycles. The number of nitrogens with one attached hydrogen (secondary N) is 1. The van der Waals surface area contributed by atoms with Gasteiger partial charge in [-0.3, -0.25) is 0 Å². The van der Waals surface area contributed by atoms with E-state index in [2.05, 4.69) is 32.3 Å². The van der Waals surface area contributed by atoms with E-state index in [1.54, 1.807) is 0 Å². The summed E-state index contributed by atoms with van der Waals surface area (Å²) in [6, 6.07) is 4.84. The summed E-state index contributed by atoms with van der Waals surface area (Å²) in [6.45, 7) is 0.860. The van der Waals surface area contributed by atoms with Gasteiger partial charge >= 0.3 is 0 Å². The summed E-state index contributed by atoms with van der Waals surface area (Å²) < 4.78 is 0.880. The van der Waals surface area contributed by atoms with E-state index in [1.165, 1.54) is 24.8 Å². The van der Waals surface area contributed by atoms with Crippen molar-refractivity contribution >= 4 is 15.9 Å². The van der Waals surface area contributed by atoms with Crippen LogP contribution in [0, 0.1) is 0 Å². The molecule has 88 valence electrons. The highest BCUT2D eigenvalue weighted by Gasteiger charge is 2.20. The third-order valence-corrected chi connectivity index (χ3v) is 3.65. The van der Waals surface area contributed by atoms with Crippen LogP contribution >= 0.6 is 15.9 Å². The lowest BCUT2D eigenvalue weighted by molar-refractivity contribution is 0.326. The van der Waals surface area contributed by atoms with Gasteiger partial charge in [-0.2, -0.15) is 0 Å². The van der Waals surface area contributed by atoms with Crippen LogP contribution in [-0.2, 0) is 6.54 Å². The van der Waals surface area contributed by atoms with Crippen LogP contribution in [0.15, 0.2) is 22.9 Å². The van der Waals surface area contributed by atoms with Gasteiger partial charge in [-0.25, -0.2) is 4.98 Å². The lowest BCUT2D eigenvalue weighted by Crippen LogP contribution is -2.46. The normalized spacial score (nSPS) is 25.6. The fourth-order valence-corrected chi connectivity index (χ4v) is 2.41. The Morgan fingerprint density at radius 1 is 1.38 bits per heavy atom. The van der Waals surface area contributed by atoms with Gasteiger partial charge in [0.15, 0.2) is 0 Å². The first-order valence-electron chi connectivity index (χ1n) is 5.85. The predicted octanol–water partition coefficient (Wildman–Crippen LogP) is 2.20. The number of hydrogen-bond donors (Lipinski definition) is 2. The molecule has 0 aliphatic heterocycles. The second-order valence-electron chi connectivity index (χ2n) is 4.42. The van der Waals surface area contributed by atoms with Crippen LogP contribution in [0.5, 0.6) is 0 Å². The Balaban J connectivity index is 1.84. The molecule has 3 nitrogen and oxygen atoms in total. The quantitative estimate of drug-likeness (QED) is 0.837. The van der Waals surface area contributed by atoms with E-state index in [4.69, 9.17) is 5.73 Å². The molecule has 0 amide bonds. The van der Waals surface area contributed by atoms with E-state index in [0.717, 1.165) is 17.6 Å². The molecule has 0 spiro atoms. The molecule has 0 bridgehead atoms. The third-order valence-electron chi connectivity index (χ3n) is 3.18. The van der Waals surface area contributed by atoms with E-state index >= 15 is 0 Å². The Bertz CT molecular complexity index is 326. The van der Waals surface area contributed by atoms with Crippen LogP contribution in [0.3, 0.4) is 0 Å². The van der Waals surface area contributed by atoms with Crippen molar-refractivity contribution in [2.45, 2.75) is 44.3 Å². The van der Waals surface area contributed by atoms with Gasteiger partial charge in [0.1, 0.15) is 4.60 Å². The number of hydrogen-bond acceptors (Lipinski definition) is 3. The zero-order valence-electron chi connectivity index (χ0n) is 9.32. The smallest absolute Gasteiger partial charge is 0.106 e. The average Bonchev–Trinajstić information content (AvgIpc) is 2.30. The molecular weight excluding hydrogens is 266 g/mol. The minimum atomic E-state index is 0.317. The topological polar surface area (TPSA) is 50.9 Å². The summed E-state index contributed by atoms with van der Waals surface area (Å²) in [7, 11) is 0. The van der Waals surface area contributed by atoms with Gasteiger partial charge < -0.3 is 11.1 Å². The van der Waals surface area contributed by atoms with Gasteiger partial charge in [0.2, 0.25) is 0 Å². The molecule has 0 radical (unpaired) electrons. The van der Waals surface area contributed by atoms with Crippen molar-refractivity contribution in [3.63, 3.8) is 0 Å². The molecule has 0 aromatic carbocycles. The number of pyridine rings is 1. The van der Waals surface area contributed by atoms with Gasteiger partial charge in [-0.15, -0.1) is 0 Å². The van der Waals surface area contributed by atoms with Crippen molar-refractivity contribution in [2.24, 2.45) is 5.73 Å². The van der Waals surface area contributed by atoms with Gasteiger partial charge in [0, 0.05) is 24.8 Å². The first-order chi connectivity index (χ1) is 7.75. The van der Waals surface area contributed by atoms with Crippen molar-refractivity contribution in [3.8, 4) is 0 Å². The maximum Gasteiger partial charge on any atom is 0.106 e. The van der Waals surface area contributed by atoms with Crippen molar-refractivity contribution < 1.29 is 0 Å². The Hall–Kier alpha value is -0.450. The minimum Gasteiger partial charge on any atom is -0.326 e. The molecule has 4 heteroatoms. The highest BCUT2D eigenvalue weighted by Crippen LogP contribution is 2.17. The minimum absolute atomic E-state index is 0.317. The van der Waals surface area contributed by atoms with Crippen LogP contribution in [0.4, 0.5) is 0 Å². The van der Waals surface area contributed by atoms with Crippen LogP contribution in [0.25, 0.3) is 0 Å². The van der Waals surface area contributed by atoms with Crippen molar-refractivity contribution in [1.29, 1.82) is 0 Å². The third kappa shape index (κ3) is 3.27. The molecular formula is C12H18BrN3. The molecule has 1 aliphatic carbocycles. The second kappa shape index (κ2) is 5.75. The van der Waals surface area contributed by atoms with E-state index in [-0.39, 0.29) is 0 Å². The number of rotatable bonds is 3. The highest BCUT2D eigenvalue weighted by atomic mass is 79.9. The Labute approximate surface area is 105 Å². The summed E-state index contributed by atoms with van der Waals surface area (Å²) in [4.78, 5) is 4.21. The summed E-state index contributed by atoms with van der Waals surface area (Å²) in [5, 5.41) is 3.53. The fourth-order valence-electron chi connectivity index (χ4n) is 2.17. The second-order valence-corrected chi connectivity index (χ2v) is 5.24. The van der Waals surface area contributed by atoms with Crippen molar-refractivity contribution in [1.82, 2.24) is 10.3 Å². The molecule has 1 fully saturated rings. The molecule has 2 rings (SSSR count). The zero-order valence-corrected chi connectivity index (χ0v) is 10.9. The molecule has 1 aromatic heterocycles. The maximum atomic E-state index is 6.08. The van der Waals surface area contributed by atoms with Gasteiger partial charge in [0.25, 0.3) is 0 Å². The Morgan fingerprint density at radius 2 is 2.19 bits per heavy atom. The maximum absolute atomic E-state index is 6.08. The standard InChI is InChI=1S/C12H18BrN3/c13-12-6-5-9(8-16-12)7-15-11-4-2-1-3-10(11)14/h5-6,8,10-11,15H,1-4,7,14H2/t10-,11+/m0/s1. The number of halogens is 1. The molecule has 3 N–H and O–H groups in total. The largest absolute Gasteiger partial charge is 0.326 e. The monoisotopic (exact) mass is 283 g/mol. The van der Waals surface area contributed by atoms with Crippen molar-refractivity contribution in [2.75, 3.05) is 0 Å². The summed E-state index contributed by atoms with van der Waals surface area (Å²) >= 11 is 3.33. The molecule has 1 aromatic rings. The summed E-state index contributed by atoms with van der Waals surface area (Å²) in [5.41, 5.74) is 7.29. The van der Waals surface area contributed by atoms with Crippen LogP contribution in [-0.4, -0.2) is 17.1 Å². The first kappa shape index (κ1) is 12.0. The van der Waals surface area contributed by atoms with Gasteiger partial charge in [-0.1, -0.05) is 18.9 Å². The van der Waals surface area contributed by atoms with E-state index in [0.29, 0.717) is 12.1 Å². The first-order valence-corrected chi connectivity index (χ1v) is 6.64. The van der Waals surface area contributed by atoms with Crippen molar-refractivity contribution in [3.05, 3.63) is 28.5 Å². The van der Waals surface area contributed by atoms with Gasteiger partial charge in [0.05, 0.1) is 0 Å². The average molecular weight is 284 g/mol. The Kier molecular flexibility index (Phi) is 4.32. The Morgan fingerprint density at radius 3 is 2.88 bits per heavy atom. The molecule has 1 aliphatic rings. The number of nitrogens with two attached hydrogens (primary N) is 1. The molecule has 0 saturated heterocycles. The fraction of sp³-hybridized carbons (Fsp3) is 0.583. The van der Waals surface area contributed by atoms with E-state index in [1.807, 2.05) is 12.3 Å². The summed E-state index contributed by atoms with van der Waals surface area (Å²) in [5.74, 6) is 0. The van der Waals surface area contributed by atoms with E-state index < -0.39 is 0 Å². The molecule has 1 saturated carbocycles. The SMILES string of the molecule is N[C@H]1CCCC[C@H]1NCc1ccc(Br)nc1. The molecule has 0 unspecified atom stereocenters. The van der Waals surface area contributed by atoms with Gasteiger partial charge in [-0.05, 0) is 40.4 Å². The zero-order chi connectivity index (χ0) is 11.4. The predicted molar refractivity (Wildman–Crippen MR) is 69.0 cm³/mol. The van der Waals surface area contributed by atoms with E-state index in [9.17, 15) is 0 Å². The lowest BCUT2D eigenvalue weighted by Gasteiger charge is -2.29. The van der Waals surface area contributed by atoms with Crippen LogP contribution in [0.1, 0.15) is 31.2 Å². The van der Waals surface area contributed by atoms with Crippen LogP contribution < -0.4 is 11.1 Å². The molecule has 2 atom stereocenters. The lowest BCUT2D eigenvalue weighted by atomic mass is 9.91. The molecule has 16 heavy (non-hydrogen) atoms. The van der Waals surface area contributed by atoms with Crippen LogP contribution in [0.2, 0.25) is 0 Å². The number of nitrogens with zero attached hydrogens (tertiary/aromatic N) is 1. The highest BCUT2D eigenvalue weighted by molar-refractivity contribution is 9.10. The summed E-state index contributed by atoms with van der Waals surface area (Å²) in [6.07, 6.45) is 6.82. The number of aromatic nitrogens is 1.